The maximum Gasteiger partial charge on any atom is 0.267 e. The van der Waals surface area contributed by atoms with Gasteiger partial charge in [0.2, 0.25) is 0 Å². The number of para-hydroxylation sites is 1. The molecule has 0 saturated carbocycles. The maximum atomic E-state index is 13.4. The van der Waals surface area contributed by atoms with Gasteiger partial charge in [-0.05, 0) is 53.6 Å². The van der Waals surface area contributed by atoms with Gasteiger partial charge in [0, 0.05) is 12.4 Å². The summed E-state index contributed by atoms with van der Waals surface area (Å²) in [5.41, 5.74) is 1.66. The molecule has 0 fully saturated rings. The summed E-state index contributed by atoms with van der Waals surface area (Å²) in [4.78, 5) is 24.0. The van der Waals surface area contributed by atoms with Crippen molar-refractivity contribution in [2.75, 3.05) is 18.1 Å². The highest BCUT2D eigenvalue weighted by Crippen LogP contribution is 2.35. The van der Waals surface area contributed by atoms with Crippen LogP contribution in [0.25, 0.3) is 21.0 Å². The van der Waals surface area contributed by atoms with Crippen LogP contribution in [0.2, 0.25) is 0 Å². The van der Waals surface area contributed by atoms with Crippen molar-refractivity contribution in [1.29, 1.82) is 0 Å². The van der Waals surface area contributed by atoms with E-state index in [0.717, 1.165) is 26.6 Å². The third-order valence-electron chi connectivity index (χ3n) is 5.35. The lowest BCUT2D eigenvalue weighted by molar-refractivity contribution is -0.120. The molecule has 7 heteroatoms. The van der Waals surface area contributed by atoms with Crippen LogP contribution in [0.15, 0.2) is 85.2 Å². The van der Waals surface area contributed by atoms with Crippen LogP contribution in [-0.4, -0.2) is 29.1 Å². The van der Waals surface area contributed by atoms with Crippen molar-refractivity contribution >= 4 is 43.4 Å². The van der Waals surface area contributed by atoms with E-state index >= 15 is 0 Å². The van der Waals surface area contributed by atoms with E-state index in [-0.39, 0.29) is 12.5 Å². The number of carbonyl (C=O) groups excluding carboxylic acids is 1. The summed E-state index contributed by atoms with van der Waals surface area (Å²) < 4.78 is 12.6. The van der Waals surface area contributed by atoms with Gasteiger partial charge in [-0.15, -0.1) is 0 Å². The summed E-state index contributed by atoms with van der Waals surface area (Å²) in [6, 6.07) is 23.5. The number of carbonyl (C=O) groups is 1. The number of thiazole rings is 1. The molecule has 0 N–H and O–H groups in total. The molecule has 1 amide bonds. The predicted molar refractivity (Wildman–Crippen MR) is 136 cm³/mol. The topological polar surface area (TPSA) is 64.5 Å². The molecule has 3 aromatic carbocycles. The standard InChI is InChI=1S/C27H23N3O3S/c1-2-32-23-10-5-11-24-26(23)29-27(34-24)30(17-19-7-6-14-28-16-19)25(31)18-33-22-13-12-20-8-3-4-9-21(20)15-22/h3-16H,2,17-18H2,1H3. The fourth-order valence-electron chi connectivity index (χ4n) is 3.72. The average molecular weight is 470 g/mol. The molecular weight excluding hydrogens is 446 g/mol. The molecule has 0 aliphatic rings. The maximum absolute atomic E-state index is 13.4. The van der Waals surface area contributed by atoms with E-state index in [4.69, 9.17) is 14.5 Å². The minimum absolute atomic E-state index is 0.104. The molecule has 0 radical (unpaired) electrons. The van der Waals surface area contributed by atoms with Crippen molar-refractivity contribution in [1.82, 2.24) is 9.97 Å². The zero-order chi connectivity index (χ0) is 23.3. The van der Waals surface area contributed by atoms with Crippen molar-refractivity contribution in [3.05, 3.63) is 90.8 Å². The first-order valence-corrected chi connectivity index (χ1v) is 11.9. The van der Waals surface area contributed by atoms with Crippen LogP contribution in [0.1, 0.15) is 12.5 Å². The predicted octanol–water partition coefficient (Wildman–Crippen LogP) is 5.86. The van der Waals surface area contributed by atoms with Gasteiger partial charge < -0.3 is 9.47 Å². The van der Waals surface area contributed by atoms with Crippen LogP contribution in [0, 0.1) is 0 Å². The first-order chi connectivity index (χ1) is 16.7. The van der Waals surface area contributed by atoms with Gasteiger partial charge in [0.1, 0.15) is 17.0 Å². The molecule has 34 heavy (non-hydrogen) atoms. The zero-order valence-electron chi connectivity index (χ0n) is 18.7. The highest BCUT2D eigenvalue weighted by atomic mass is 32.1. The van der Waals surface area contributed by atoms with Crippen LogP contribution in [0.4, 0.5) is 5.13 Å². The van der Waals surface area contributed by atoms with E-state index in [2.05, 4.69) is 4.98 Å². The van der Waals surface area contributed by atoms with Crippen molar-refractivity contribution in [3.63, 3.8) is 0 Å². The number of fused-ring (bicyclic) bond motifs is 2. The number of rotatable bonds is 8. The first-order valence-electron chi connectivity index (χ1n) is 11.0. The Bertz CT molecular complexity index is 1440. The molecule has 2 heterocycles. The number of ether oxygens (including phenoxy) is 2. The molecule has 0 atom stereocenters. The van der Waals surface area contributed by atoms with Crippen molar-refractivity contribution in [2.24, 2.45) is 0 Å². The normalized spacial score (nSPS) is 11.0. The number of pyridine rings is 1. The smallest absolute Gasteiger partial charge is 0.267 e. The third-order valence-corrected chi connectivity index (χ3v) is 6.39. The molecule has 0 aliphatic heterocycles. The zero-order valence-corrected chi connectivity index (χ0v) is 19.5. The quantitative estimate of drug-likeness (QED) is 0.285. The second-order valence-electron chi connectivity index (χ2n) is 7.67. The number of benzene rings is 3. The average Bonchev–Trinajstić information content (AvgIpc) is 3.31. The Balaban J connectivity index is 1.42. The van der Waals surface area contributed by atoms with Gasteiger partial charge in [0.05, 0.1) is 17.9 Å². The largest absolute Gasteiger partial charge is 0.492 e. The highest BCUT2D eigenvalue weighted by molar-refractivity contribution is 7.22. The van der Waals surface area contributed by atoms with Crippen LogP contribution >= 0.6 is 11.3 Å². The summed E-state index contributed by atoms with van der Waals surface area (Å²) in [5.74, 6) is 1.18. The SMILES string of the molecule is CCOc1cccc2sc(N(Cc3cccnc3)C(=O)COc3ccc4ccccc4c3)nc12. The lowest BCUT2D eigenvalue weighted by Gasteiger charge is -2.20. The van der Waals surface area contributed by atoms with Gasteiger partial charge in [0.25, 0.3) is 5.91 Å². The van der Waals surface area contributed by atoms with Gasteiger partial charge in [-0.1, -0.05) is 53.8 Å². The fourth-order valence-corrected chi connectivity index (χ4v) is 4.72. The molecule has 5 rings (SSSR count). The fraction of sp³-hybridized carbons (Fsp3) is 0.148. The Labute approximate surface area is 201 Å². The second-order valence-corrected chi connectivity index (χ2v) is 8.68. The number of hydrogen-bond acceptors (Lipinski definition) is 6. The molecular formula is C27H23N3O3S. The van der Waals surface area contributed by atoms with Crippen LogP contribution in [0.3, 0.4) is 0 Å². The van der Waals surface area contributed by atoms with Crippen LogP contribution in [-0.2, 0) is 11.3 Å². The van der Waals surface area contributed by atoms with E-state index in [0.29, 0.717) is 29.8 Å². The van der Waals surface area contributed by atoms with Gasteiger partial charge in [-0.25, -0.2) is 4.98 Å². The lowest BCUT2D eigenvalue weighted by atomic mass is 10.1. The molecule has 170 valence electrons. The molecule has 2 aromatic heterocycles. The molecule has 0 aliphatic carbocycles. The Kier molecular flexibility index (Phi) is 6.35. The minimum atomic E-state index is -0.186. The summed E-state index contributed by atoms with van der Waals surface area (Å²) >= 11 is 1.45. The van der Waals surface area contributed by atoms with E-state index in [1.807, 2.05) is 79.7 Å². The summed E-state index contributed by atoms with van der Waals surface area (Å²) in [7, 11) is 0. The van der Waals surface area contributed by atoms with Gasteiger partial charge in [-0.2, -0.15) is 0 Å². The first kappa shape index (κ1) is 21.9. The van der Waals surface area contributed by atoms with Crippen molar-refractivity contribution in [2.45, 2.75) is 13.5 Å². The highest BCUT2D eigenvalue weighted by Gasteiger charge is 2.22. The number of amides is 1. The molecule has 6 nitrogen and oxygen atoms in total. The lowest BCUT2D eigenvalue weighted by Crippen LogP contribution is -2.34. The van der Waals surface area contributed by atoms with Crippen LogP contribution < -0.4 is 14.4 Å². The number of aromatic nitrogens is 2. The van der Waals surface area contributed by atoms with E-state index in [1.165, 1.54) is 11.3 Å². The van der Waals surface area contributed by atoms with Crippen molar-refractivity contribution < 1.29 is 14.3 Å². The molecule has 0 bridgehead atoms. The van der Waals surface area contributed by atoms with Crippen LogP contribution in [0.5, 0.6) is 11.5 Å². The second kappa shape index (κ2) is 9.89. The summed E-state index contributed by atoms with van der Waals surface area (Å²) in [6.45, 7) is 2.72. The minimum Gasteiger partial charge on any atom is -0.492 e. The Hall–Kier alpha value is -3.97. The molecule has 0 saturated heterocycles. The van der Waals surface area contributed by atoms with E-state index < -0.39 is 0 Å². The molecule has 0 unspecified atom stereocenters. The van der Waals surface area contributed by atoms with E-state index in [1.54, 1.807) is 17.3 Å². The van der Waals surface area contributed by atoms with Gasteiger partial charge >= 0.3 is 0 Å². The molecule has 0 spiro atoms. The Morgan fingerprint density at radius 3 is 2.68 bits per heavy atom. The summed E-state index contributed by atoms with van der Waals surface area (Å²) in [6.07, 6.45) is 3.47. The molecule has 5 aromatic rings. The third kappa shape index (κ3) is 4.70. The van der Waals surface area contributed by atoms with Gasteiger partial charge in [-0.3, -0.25) is 14.7 Å². The Morgan fingerprint density at radius 1 is 0.971 bits per heavy atom. The monoisotopic (exact) mass is 469 g/mol. The summed E-state index contributed by atoms with van der Waals surface area (Å²) in [5, 5.41) is 2.78. The Morgan fingerprint density at radius 2 is 1.85 bits per heavy atom. The number of anilines is 1. The van der Waals surface area contributed by atoms with Gasteiger partial charge in [0.15, 0.2) is 11.7 Å². The van der Waals surface area contributed by atoms with E-state index in [9.17, 15) is 4.79 Å². The number of nitrogens with zero attached hydrogens (tertiary/aromatic N) is 3. The number of hydrogen-bond donors (Lipinski definition) is 0. The van der Waals surface area contributed by atoms with Crippen molar-refractivity contribution in [3.8, 4) is 11.5 Å².